The van der Waals surface area contributed by atoms with Crippen LogP contribution in [0, 0.1) is 0 Å². The van der Waals surface area contributed by atoms with E-state index >= 15 is 0 Å². The van der Waals surface area contributed by atoms with Crippen molar-refractivity contribution in [3.05, 3.63) is 167 Å². The van der Waals surface area contributed by atoms with Crippen LogP contribution in [0.3, 0.4) is 0 Å². The molecule has 0 spiro atoms. The maximum atomic E-state index is 14.0. The minimum Gasteiger partial charge on any atom is -0.330 e. The van der Waals surface area contributed by atoms with E-state index in [9.17, 15) is 19.2 Å². The Hall–Kier alpha value is -6.84. The van der Waals surface area contributed by atoms with Crippen molar-refractivity contribution in [2.24, 2.45) is 5.73 Å². The lowest BCUT2D eigenvalue weighted by molar-refractivity contribution is 0.0596. The molecule has 9 nitrogen and oxygen atoms in total. The molecule has 7 aromatic rings. The average Bonchev–Trinajstić information content (AvgIpc) is 3.22. The molecule has 55 heavy (non-hydrogen) atoms. The van der Waals surface area contributed by atoms with Gasteiger partial charge in [0.25, 0.3) is 23.6 Å². The number of carbonyl (C=O) groups is 4. The van der Waals surface area contributed by atoms with E-state index in [1.54, 1.807) is 24.4 Å². The molecule has 0 atom stereocenters. The lowest BCUT2D eigenvalue weighted by Gasteiger charge is -2.28. The minimum absolute atomic E-state index is 0.227. The van der Waals surface area contributed by atoms with Crippen LogP contribution < -0.4 is 5.73 Å². The van der Waals surface area contributed by atoms with Gasteiger partial charge in [0.15, 0.2) is 0 Å². The molecule has 2 aliphatic heterocycles. The van der Waals surface area contributed by atoms with Crippen molar-refractivity contribution in [2.45, 2.75) is 19.3 Å². The number of amides is 4. The first-order valence-corrected chi connectivity index (χ1v) is 18.4. The third-order valence-electron chi connectivity index (χ3n) is 10.7. The maximum Gasteiger partial charge on any atom is 0.262 e. The van der Waals surface area contributed by atoms with Crippen LogP contribution in [-0.4, -0.2) is 63.0 Å². The number of imide groups is 2. The first-order valence-electron chi connectivity index (χ1n) is 18.4. The molecule has 0 aliphatic carbocycles. The third kappa shape index (κ3) is 5.86. The van der Waals surface area contributed by atoms with Crippen molar-refractivity contribution < 1.29 is 19.2 Å². The van der Waals surface area contributed by atoms with Crippen molar-refractivity contribution >= 4 is 45.2 Å². The van der Waals surface area contributed by atoms with E-state index in [0.717, 1.165) is 28.7 Å². The van der Waals surface area contributed by atoms with Gasteiger partial charge in [-0.3, -0.25) is 38.9 Å². The van der Waals surface area contributed by atoms with Crippen molar-refractivity contribution in [2.75, 3.05) is 19.6 Å². The van der Waals surface area contributed by atoms with Crippen LogP contribution in [0.2, 0.25) is 0 Å². The van der Waals surface area contributed by atoms with E-state index in [0.29, 0.717) is 74.4 Å². The Morgan fingerprint density at radius 1 is 0.473 bits per heavy atom. The van der Waals surface area contributed by atoms with Crippen LogP contribution in [0.4, 0.5) is 0 Å². The average molecular weight is 722 g/mol. The third-order valence-corrected chi connectivity index (χ3v) is 10.7. The number of hydrogen-bond acceptors (Lipinski definition) is 7. The second-order valence-electron chi connectivity index (χ2n) is 14.0. The molecule has 5 aromatic carbocycles. The van der Waals surface area contributed by atoms with Gasteiger partial charge < -0.3 is 5.73 Å². The highest BCUT2D eigenvalue weighted by Gasteiger charge is 2.36. The standard InChI is InChI=1S/C46H35N5O4/c47-21-18-30-8-4-9-32(24-30)31-14-12-29(13-15-31)20-23-50-43(52)35-11-5-10-33-34(16-17-36(40(33)35)44(50)53)42-37-25-48-26-38-41(37)39(27-49-42)46(55)51(45(38)54)22-19-28-6-2-1-3-7-28/h1-17,24-27H,18-23,47H2. The summed E-state index contributed by atoms with van der Waals surface area (Å²) in [5, 5.41) is 2.28. The number of aromatic nitrogens is 2. The Balaban J connectivity index is 1.000. The fraction of sp³-hybridized carbons (Fsp3) is 0.130. The Morgan fingerprint density at radius 2 is 1.07 bits per heavy atom. The number of carbonyl (C=O) groups excluding carboxylic acids is 4. The lowest BCUT2D eigenvalue weighted by atomic mass is 9.88. The summed E-state index contributed by atoms with van der Waals surface area (Å²) in [6, 6.07) is 35.2. The Bertz CT molecular complexity index is 2660. The highest BCUT2D eigenvalue weighted by atomic mass is 16.2. The Labute approximate surface area is 317 Å². The zero-order valence-electron chi connectivity index (χ0n) is 29.9. The molecule has 0 unspecified atom stereocenters. The number of rotatable bonds is 10. The topological polar surface area (TPSA) is 127 Å². The number of nitrogens with two attached hydrogens (primary N) is 1. The van der Waals surface area contributed by atoms with Crippen LogP contribution in [-0.2, 0) is 19.3 Å². The van der Waals surface area contributed by atoms with E-state index in [4.69, 9.17) is 10.7 Å². The molecule has 9 heteroatoms. The number of benzene rings is 5. The molecular weight excluding hydrogens is 687 g/mol. The van der Waals surface area contributed by atoms with Gasteiger partial charge in [0.1, 0.15) is 0 Å². The summed E-state index contributed by atoms with van der Waals surface area (Å²) in [7, 11) is 0. The Morgan fingerprint density at radius 3 is 1.80 bits per heavy atom. The molecule has 9 rings (SSSR count). The number of pyridine rings is 2. The predicted octanol–water partition coefficient (Wildman–Crippen LogP) is 7.30. The van der Waals surface area contributed by atoms with Crippen LogP contribution in [0.25, 0.3) is 43.9 Å². The largest absolute Gasteiger partial charge is 0.330 e. The Kier molecular flexibility index (Phi) is 8.56. The van der Waals surface area contributed by atoms with Gasteiger partial charge in [0.2, 0.25) is 0 Å². The van der Waals surface area contributed by atoms with Gasteiger partial charge in [-0.2, -0.15) is 0 Å². The highest BCUT2D eigenvalue weighted by Crippen LogP contribution is 2.40. The van der Waals surface area contributed by atoms with E-state index in [1.165, 1.54) is 27.8 Å². The van der Waals surface area contributed by atoms with Gasteiger partial charge in [0.05, 0.1) is 16.8 Å². The summed E-state index contributed by atoms with van der Waals surface area (Å²) in [4.78, 5) is 67.2. The van der Waals surface area contributed by atoms with Crippen molar-refractivity contribution in [3.8, 4) is 22.4 Å². The van der Waals surface area contributed by atoms with Crippen molar-refractivity contribution in [1.82, 2.24) is 19.8 Å². The number of nitrogens with zero attached hydrogens (tertiary/aromatic N) is 4. The van der Waals surface area contributed by atoms with Gasteiger partial charge in [-0.1, -0.05) is 97.1 Å². The first-order chi connectivity index (χ1) is 26.9. The molecule has 2 aromatic heterocycles. The van der Waals surface area contributed by atoms with E-state index in [1.807, 2.05) is 60.7 Å². The molecule has 4 heterocycles. The highest BCUT2D eigenvalue weighted by molar-refractivity contribution is 6.29. The molecule has 4 amide bonds. The molecular formula is C46H35N5O4. The summed E-state index contributed by atoms with van der Waals surface area (Å²) in [5.74, 6) is -1.51. The molecule has 0 saturated carbocycles. The quantitative estimate of drug-likeness (QED) is 0.147. The second-order valence-corrected chi connectivity index (χ2v) is 14.0. The smallest absolute Gasteiger partial charge is 0.262 e. The van der Waals surface area contributed by atoms with Crippen LogP contribution in [0.1, 0.15) is 58.1 Å². The summed E-state index contributed by atoms with van der Waals surface area (Å²) in [6.07, 6.45) is 6.49. The second kappa shape index (κ2) is 13.9. The maximum absolute atomic E-state index is 14.0. The van der Waals surface area contributed by atoms with Crippen LogP contribution in [0.15, 0.2) is 128 Å². The lowest BCUT2D eigenvalue weighted by Crippen LogP contribution is -2.41. The monoisotopic (exact) mass is 721 g/mol. The molecule has 0 radical (unpaired) electrons. The predicted molar refractivity (Wildman–Crippen MR) is 212 cm³/mol. The van der Waals surface area contributed by atoms with E-state index < -0.39 is 11.8 Å². The summed E-state index contributed by atoms with van der Waals surface area (Å²) >= 11 is 0. The molecule has 0 bridgehead atoms. The van der Waals surface area contributed by atoms with E-state index in [2.05, 4.69) is 35.3 Å². The number of hydrogen-bond donors (Lipinski definition) is 1. The first kappa shape index (κ1) is 34.0. The van der Waals surface area contributed by atoms with Gasteiger partial charge in [0, 0.05) is 64.5 Å². The van der Waals surface area contributed by atoms with E-state index in [-0.39, 0.29) is 24.9 Å². The summed E-state index contributed by atoms with van der Waals surface area (Å²) in [5.41, 5.74) is 13.9. The zero-order valence-corrected chi connectivity index (χ0v) is 29.9. The fourth-order valence-electron chi connectivity index (χ4n) is 7.94. The molecule has 0 fully saturated rings. The van der Waals surface area contributed by atoms with Crippen molar-refractivity contribution in [3.63, 3.8) is 0 Å². The van der Waals surface area contributed by atoms with Gasteiger partial charge in [-0.25, -0.2) is 0 Å². The molecule has 2 N–H and O–H groups in total. The van der Waals surface area contributed by atoms with Crippen LogP contribution in [0.5, 0.6) is 0 Å². The zero-order chi connectivity index (χ0) is 37.6. The summed E-state index contributed by atoms with van der Waals surface area (Å²) < 4.78 is 0. The van der Waals surface area contributed by atoms with Gasteiger partial charge in [-0.15, -0.1) is 0 Å². The normalized spacial score (nSPS) is 13.7. The summed E-state index contributed by atoms with van der Waals surface area (Å²) in [6.45, 7) is 1.05. The van der Waals surface area contributed by atoms with Crippen LogP contribution >= 0.6 is 0 Å². The molecule has 268 valence electrons. The van der Waals surface area contributed by atoms with Crippen molar-refractivity contribution in [1.29, 1.82) is 0 Å². The van der Waals surface area contributed by atoms with Gasteiger partial charge >= 0.3 is 0 Å². The van der Waals surface area contributed by atoms with Gasteiger partial charge in [-0.05, 0) is 71.1 Å². The molecule has 0 saturated heterocycles. The fourth-order valence-corrected chi connectivity index (χ4v) is 7.94. The molecule has 2 aliphatic rings. The minimum atomic E-state index is -0.402. The SMILES string of the molecule is NCCc1cccc(-c2ccc(CCN3C(=O)c4cccc5c(-c6ncc7c8c(cncc68)C(=O)N(CCc6ccccc6)C7=O)ccc(c45)C3=O)cc2)c1.